The summed E-state index contributed by atoms with van der Waals surface area (Å²) in [6, 6.07) is 4.79. The molecule has 0 unspecified atom stereocenters. The van der Waals surface area contributed by atoms with Crippen LogP contribution in [0.25, 0.3) is 0 Å². The average molecular weight is 343 g/mol. The fourth-order valence-electron chi connectivity index (χ4n) is 2.82. The molecule has 1 aliphatic carbocycles. The van der Waals surface area contributed by atoms with Crippen LogP contribution in [0.3, 0.4) is 0 Å². The molecule has 110 valence electrons. The first-order valence-electron chi connectivity index (χ1n) is 7.04. The largest absolute Gasteiger partial charge is 0.336 e. The van der Waals surface area contributed by atoms with Gasteiger partial charge in [0.2, 0.25) is 0 Å². The zero-order chi connectivity index (χ0) is 14.7. The van der Waals surface area contributed by atoms with Crippen LogP contribution in [-0.4, -0.2) is 29.4 Å². The van der Waals surface area contributed by atoms with Crippen molar-refractivity contribution in [3.8, 4) is 0 Å². The number of benzene rings is 1. The molecule has 1 aromatic carbocycles. The first-order chi connectivity index (χ1) is 9.51. The molecule has 0 radical (unpaired) electrons. The van der Waals surface area contributed by atoms with E-state index >= 15 is 0 Å². The molecular weight excluding hydrogens is 323 g/mol. The van der Waals surface area contributed by atoms with E-state index in [0.29, 0.717) is 16.6 Å². The zero-order valence-electron chi connectivity index (χ0n) is 11.6. The maximum Gasteiger partial charge on any atom is 0.254 e. The molecule has 1 amide bonds. The number of nitrogens with two attached hydrogens (primary N) is 1. The summed E-state index contributed by atoms with van der Waals surface area (Å²) in [5, 5.41) is 0. The minimum absolute atomic E-state index is 0.104. The van der Waals surface area contributed by atoms with Crippen LogP contribution in [0.5, 0.6) is 0 Å². The van der Waals surface area contributed by atoms with E-state index in [0.717, 1.165) is 25.7 Å². The first-order valence-corrected chi connectivity index (χ1v) is 7.83. The van der Waals surface area contributed by atoms with E-state index in [4.69, 9.17) is 5.73 Å². The fraction of sp³-hybridized carbons (Fsp3) is 0.533. The molecular formula is C15H20BrFN2O. The Morgan fingerprint density at radius 3 is 2.55 bits per heavy atom. The standard InChI is InChI=1S/C15H20BrFN2O/c1-2-19(14-5-3-13(18)4-6-14)15(20)10-7-11(16)9-12(17)8-10/h7-9,13-14H,2-6,18H2,1H3. The van der Waals surface area contributed by atoms with Gasteiger partial charge in [-0.1, -0.05) is 15.9 Å². The van der Waals surface area contributed by atoms with E-state index in [1.807, 2.05) is 11.8 Å². The molecule has 20 heavy (non-hydrogen) atoms. The summed E-state index contributed by atoms with van der Waals surface area (Å²) in [7, 11) is 0. The third kappa shape index (κ3) is 3.58. The molecule has 0 saturated heterocycles. The van der Waals surface area contributed by atoms with E-state index in [9.17, 15) is 9.18 Å². The molecule has 5 heteroatoms. The lowest BCUT2D eigenvalue weighted by Gasteiger charge is -2.35. The molecule has 0 aliphatic heterocycles. The van der Waals surface area contributed by atoms with Crippen molar-refractivity contribution in [3.63, 3.8) is 0 Å². The van der Waals surface area contributed by atoms with Crippen molar-refractivity contribution in [2.45, 2.75) is 44.7 Å². The van der Waals surface area contributed by atoms with Gasteiger partial charge in [0, 0.05) is 28.7 Å². The highest BCUT2D eigenvalue weighted by Crippen LogP contribution is 2.24. The lowest BCUT2D eigenvalue weighted by atomic mass is 9.90. The highest BCUT2D eigenvalue weighted by molar-refractivity contribution is 9.10. The monoisotopic (exact) mass is 342 g/mol. The second-order valence-electron chi connectivity index (χ2n) is 5.32. The third-order valence-electron chi connectivity index (χ3n) is 3.89. The number of hydrogen-bond acceptors (Lipinski definition) is 2. The summed E-state index contributed by atoms with van der Waals surface area (Å²) < 4.78 is 14.0. The summed E-state index contributed by atoms with van der Waals surface area (Å²) in [5.74, 6) is -0.502. The Balaban J connectivity index is 2.16. The fourth-order valence-corrected chi connectivity index (χ4v) is 3.29. The molecule has 1 aromatic rings. The predicted molar refractivity (Wildman–Crippen MR) is 81.0 cm³/mol. The molecule has 1 fully saturated rings. The minimum atomic E-state index is -0.399. The Hall–Kier alpha value is -0.940. The maximum absolute atomic E-state index is 13.4. The van der Waals surface area contributed by atoms with Crippen LogP contribution in [-0.2, 0) is 0 Å². The molecule has 0 bridgehead atoms. The van der Waals surface area contributed by atoms with Crippen LogP contribution < -0.4 is 5.73 Å². The first kappa shape index (κ1) is 15.4. The lowest BCUT2D eigenvalue weighted by molar-refractivity contribution is 0.0640. The highest BCUT2D eigenvalue weighted by atomic mass is 79.9. The second-order valence-corrected chi connectivity index (χ2v) is 6.23. The van der Waals surface area contributed by atoms with Crippen molar-refractivity contribution in [2.75, 3.05) is 6.54 Å². The van der Waals surface area contributed by atoms with Gasteiger partial charge in [0.25, 0.3) is 5.91 Å². The molecule has 0 atom stereocenters. The van der Waals surface area contributed by atoms with Gasteiger partial charge in [-0.2, -0.15) is 0 Å². The van der Waals surface area contributed by atoms with Crippen LogP contribution in [0.2, 0.25) is 0 Å². The third-order valence-corrected chi connectivity index (χ3v) is 4.35. The Labute approximate surface area is 127 Å². The Morgan fingerprint density at radius 2 is 2.00 bits per heavy atom. The molecule has 1 aliphatic rings. The molecule has 0 heterocycles. The summed E-state index contributed by atoms with van der Waals surface area (Å²) in [6.07, 6.45) is 3.75. The molecule has 0 spiro atoms. The van der Waals surface area contributed by atoms with Crippen molar-refractivity contribution in [1.29, 1.82) is 0 Å². The van der Waals surface area contributed by atoms with Crippen LogP contribution >= 0.6 is 15.9 Å². The lowest BCUT2D eigenvalue weighted by Crippen LogP contribution is -2.44. The van der Waals surface area contributed by atoms with Gasteiger partial charge in [0.05, 0.1) is 0 Å². The second kappa shape index (κ2) is 6.68. The summed E-state index contributed by atoms with van der Waals surface area (Å²) >= 11 is 3.23. The van der Waals surface area contributed by atoms with E-state index < -0.39 is 5.82 Å². The van der Waals surface area contributed by atoms with E-state index in [-0.39, 0.29) is 18.0 Å². The Bertz CT molecular complexity index is 467. The predicted octanol–water partition coefficient (Wildman–Crippen LogP) is 3.32. The quantitative estimate of drug-likeness (QED) is 0.915. The van der Waals surface area contributed by atoms with Gasteiger partial charge in [-0.3, -0.25) is 4.79 Å². The number of nitrogens with zero attached hydrogens (tertiary/aromatic N) is 1. The van der Waals surface area contributed by atoms with E-state index in [1.54, 1.807) is 6.07 Å². The van der Waals surface area contributed by atoms with Crippen molar-refractivity contribution in [1.82, 2.24) is 4.90 Å². The van der Waals surface area contributed by atoms with Gasteiger partial charge in [0.15, 0.2) is 0 Å². The van der Waals surface area contributed by atoms with Crippen molar-refractivity contribution < 1.29 is 9.18 Å². The van der Waals surface area contributed by atoms with Gasteiger partial charge >= 0.3 is 0 Å². The number of carbonyl (C=O) groups excluding carboxylic acids is 1. The highest BCUT2D eigenvalue weighted by Gasteiger charge is 2.27. The topological polar surface area (TPSA) is 46.3 Å². The average Bonchev–Trinajstić information content (AvgIpc) is 2.40. The number of amides is 1. The molecule has 3 nitrogen and oxygen atoms in total. The van der Waals surface area contributed by atoms with Gasteiger partial charge in [0.1, 0.15) is 5.82 Å². The van der Waals surface area contributed by atoms with Gasteiger partial charge in [-0.15, -0.1) is 0 Å². The van der Waals surface area contributed by atoms with Crippen molar-refractivity contribution >= 4 is 21.8 Å². The van der Waals surface area contributed by atoms with Crippen LogP contribution in [0.15, 0.2) is 22.7 Å². The Morgan fingerprint density at radius 1 is 1.35 bits per heavy atom. The number of rotatable bonds is 3. The number of carbonyl (C=O) groups is 1. The maximum atomic E-state index is 13.4. The SMILES string of the molecule is CCN(C(=O)c1cc(F)cc(Br)c1)C1CCC(N)CC1. The van der Waals surface area contributed by atoms with E-state index in [2.05, 4.69) is 15.9 Å². The summed E-state index contributed by atoms with van der Waals surface area (Å²) in [5.41, 5.74) is 6.30. The minimum Gasteiger partial charge on any atom is -0.336 e. The van der Waals surface area contributed by atoms with Gasteiger partial charge < -0.3 is 10.6 Å². The van der Waals surface area contributed by atoms with Crippen molar-refractivity contribution in [2.24, 2.45) is 5.73 Å². The number of hydrogen-bond donors (Lipinski definition) is 1. The molecule has 2 rings (SSSR count). The molecule has 0 aromatic heterocycles. The van der Waals surface area contributed by atoms with Crippen molar-refractivity contribution in [3.05, 3.63) is 34.1 Å². The smallest absolute Gasteiger partial charge is 0.254 e. The normalized spacial score (nSPS) is 22.6. The Kier molecular flexibility index (Phi) is 5.16. The van der Waals surface area contributed by atoms with Gasteiger partial charge in [-0.05, 0) is 50.8 Å². The van der Waals surface area contributed by atoms with Crippen LogP contribution in [0.4, 0.5) is 4.39 Å². The zero-order valence-corrected chi connectivity index (χ0v) is 13.2. The van der Waals surface area contributed by atoms with Crippen LogP contribution in [0, 0.1) is 5.82 Å². The summed E-state index contributed by atoms with van der Waals surface area (Å²) in [4.78, 5) is 14.4. The summed E-state index contributed by atoms with van der Waals surface area (Å²) in [6.45, 7) is 2.59. The number of halogens is 2. The molecule has 1 saturated carbocycles. The van der Waals surface area contributed by atoms with E-state index in [1.165, 1.54) is 12.1 Å². The van der Waals surface area contributed by atoms with Gasteiger partial charge in [-0.25, -0.2) is 4.39 Å². The van der Waals surface area contributed by atoms with Crippen LogP contribution in [0.1, 0.15) is 43.0 Å². The molecule has 2 N–H and O–H groups in total.